The molecular weight excluding hydrogens is 219 g/mol. The van der Waals surface area contributed by atoms with Gasteiger partial charge in [-0.15, -0.1) is 0 Å². The fraction of sp³-hybridized carbons (Fsp3) is 0.455. The Balaban J connectivity index is 2.92. The Labute approximate surface area is 92.4 Å². The summed E-state index contributed by atoms with van der Waals surface area (Å²) in [6.07, 6.45) is 0. The summed E-state index contributed by atoms with van der Waals surface area (Å²) in [4.78, 5) is 0. The summed E-state index contributed by atoms with van der Waals surface area (Å²) >= 11 is 0. The van der Waals surface area contributed by atoms with E-state index >= 15 is 0 Å². The minimum absolute atomic E-state index is 0.275. The van der Waals surface area contributed by atoms with Gasteiger partial charge < -0.3 is 10.1 Å². The largest absolute Gasteiger partial charge is 0.380 e. The molecule has 1 unspecified atom stereocenters. The SMILES string of the molecule is CCOCC(NC)c1cc(F)c(F)c(F)c1. The number of halogens is 3. The maximum atomic E-state index is 13.0. The van der Waals surface area contributed by atoms with E-state index in [1.807, 2.05) is 6.92 Å². The molecule has 2 nitrogen and oxygen atoms in total. The van der Waals surface area contributed by atoms with Crippen molar-refractivity contribution in [2.24, 2.45) is 0 Å². The van der Waals surface area contributed by atoms with Crippen molar-refractivity contribution < 1.29 is 17.9 Å². The van der Waals surface area contributed by atoms with Crippen molar-refractivity contribution in [1.29, 1.82) is 0 Å². The van der Waals surface area contributed by atoms with Crippen LogP contribution in [0.4, 0.5) is 13.2 Å². The number of benzene rings is 1. The Morgan fingerprint density at radius 2 is 1.81 bits per heavy atom. The number of nitrogens with one attached hydrogen (secondary N) is 1. The lowest BCUT2D eigenvalue weighted by atomic mass is 10.1. The molecule has 1 aromatic rings. The van der Waals surface area contributed by atoms with E-state index in [1.165, 1.54) is 0 Å². The molecule has 0 spiro atoms. The number of hydrogen-bond acceptors (Lipinski definition) is 2. The van der Waals surface area contributed by atoms with Crippen molar-refractivity contribution in [2.75, 3.05) is 20.3 Å². The zero-order valence-corrected chi connectivity index (χ0v) is 9.19. The van der Waals surface area contributed by atoms with Gasteiger partial charge in [0.05, 0.1) is 12.6 Å². The maximum Gasteiger partial charge on any atom is 0.194 e. The topological polar surface area (TPSA) is 21.3 Å². The van der Waals surface area contributed by atoms with Crippen molar-refractivity contribution >= 4 is 0 Å². The Morgan fingerprint density at radius 1 is 1.25 bits per heavy atom. The number of ether oxygens (including phenoxy) is 1. The van der Waals surface area contributed by atoms with Gasteiger partial charge in [0.25, 0.3) is 0 Å². The molecule has 16 heavy (non-hydrogen) atoms. The lowest BCUT2D eigenvalue weighted by molar-refractivity contribution is 0.125. The second-order valence-electron chi connectivity index (χ2n) is 3.30. The van der Waals surface area contributed by atoms with E-state index in [2.05, 4.69) is 5.32 Å². The molecule has 90 valence electrons. The Hall–Kier alpha value is -1.07. The van der Waals surface area contributed by atoms with E-state index in [0.717, 1.165) is 12.1 Å². The van der Waals surface area contributed by atoms with Gasteiger partial charge in [0.1, 0.15) is 0 Å². The predicted octanol–water partition coefficient (Wildman–Crippen LogP) is 2.40. The first-order chi connectivity index (χ1) is 7.60. The molecule has 0 heterocycles. The third kappa shape index (κ3) is 2.96. The first kappa shape index (κ1) is 13.0. The molecule has 1 aromatic carbocycles. The second kappa shape index (κ2) is 5.86. The Bertz CT molecular complexity index is 334. The monoisotopic (exact) mass is 233 g/mol. The summed E-state index contributed by atoms with van der Waals surface area (Å²) in [5, 5.41) is 2.85. The molecule has 0 saturated carbocycles. The third-order valence-electron chi connectivity index (χ3n) is 2.25. The van der Waals surface area contributed by atoms with Crippen molar-refractivity contribution in [1.82, 2.24) is 5.32 Å². The fourth-order valence-electron chi connectivity index (χ4n) is 1.36. The molecule has 0 saturated heterocycles. The highest BCUT2D eigenvalue weighted by Gasteiger charge is 2.16. The normalized spacial score (nSPS) is 12.8. The standard InChI is InChI=1S/C11H14F3NO/c1-3-16-6-10(15-2)7-4-8(12)11(14)9(13)5-7/h4-5,10,15H,3,6H2,1-2H3. The van der Waals surface area contributed by atoms with Gasteiger partial charge in [0.15, 0.2) is 17.5 Å². The number of likely N-dealkylation sites (N-methyl/N-ethyl adjacent to an activating group) is 1. The summed E-state index contributed by atoms with van der Waals surface area (Å²) in [5.74, 6) is -3.83. The van der Waals surface area contributed by atoms with Gasteiger partial charge in [0.2, 0.25) is 0 Å². The molecule has 1 rings (SSSR count). The zero-order valence-electron chi connectivity index (χ0n) is 9.19. The number of hydrogen-bond donors (Lipinski definition) is 1. The van der Waals surface area contributed by atoms with Gasteiger partial charge in [-0.2, -0.15) is 0 Å². The van der Waals surface area contributed by atoms with E-state index in [9.17, 15) is 13.2 Å². The lowest BCUT2D eigenvalue weighted by Crippen LogP contribution is -2.22. The summed E-state index contributed by atoms with van der Waals surface area (Å²) in [6.45, 7) is 2.60. The Morgan fingerprint density at radius 3 is 2.25 bits per heavy atom. The highest BCUT2D eigenvalue weighted by Crippen LogP contribution is 2.19. The van der Waals surface area contributed by atoms with E-state index in [4.69, 9.17) is 4.74 Å². The van der Waals surface area contributed by atoms with Gasteiger partial charge >= 0.3 is 0 Å². The van der Waals surface area contributed by atoms with Gasteiger partial charge in [-0.3, -0.25) is 0 Å². The average molecular weight is 233 g/mol. The van der Waals surface area contributed by atoms with Crippen LogP contribution in [-0.4, -0.2) is 20.3 Å². The van der Waals surface area contributed by atoms with Gasteiger partial charge in [-0.1, -0.05) is 0 Å². The van der Waals surface area contributed by atoms with Crippen molar-refractivity contribution in [3.63, 3.8) is 0 Å². The molecule has 1 N–H and O–H groups in total. The molecule has 5 heteroatoms. The first-order valence-corrected chi connectivity index (χ1v) is 4.99. The minimum Gasteiger partial charge on any atom is -0.380 e. The number of rotatable bonds is 5. The molecule has 0 fully saturated rings. The van der Waals surface area contributed by atoms with Crippen LogP contribution in [0, 0.1) is 17.5 Å². The maximum absolute atomic E-state index is 13.0. The second-order valence-corrected chi connectivity index (χ2v) is 3.30. The van der Waals surface area contributed by atoms with Crippen LogP contribution in [0.5, 0.6) is 0 Å². The molecular formula is C11H14F3NO. The van der Waals surface area contributed by atoms with E-state index in [0.29, 0.717) is 12.2 Å². The molecule has 1 atom stereocenters. The van der Waals surface area contributed by atoms with Crippen LogP contribution in [0.15, 0.2) is 12.1 Å². The fourth-order valence-corrected chi connectivity index (χ4v) is 1.36. The van der Waals surface area contributed by atoms with Crippen LogP contribution in [0.3, 0.4) is 0 Å². The van der Waals surface area contributed by atoms with Crippen molar-refractivity contribution in [3.8, 4) is 0 Å². The molecule has 0 bridgehead atoms. The highest BCUT2D eigenvalue weighted by molar-refractivity contribution is 5.22. The first-order valence-electron chi connectivity index (χ1n) is 4.99. The average Bonchev–Trinajstić information content (AvgIpc) is 2.26. The van der Waals surface area contributed by atoms with Crippen LogP contribution < -0.4 is 5.32 Å². The van der Waals surface area contributed by atoms with Crippen LogP contribution >= 0.6 is 0 Å². The van der Waals surface area contributed by atoms with Crippen molar-refractivity contribution in [3.05, 3.63) is 35.1 Å². The summed E-state index contributed by atoms with van der Waals surface area (Å²) in [7, 11) is 1.64. The molecule has 0 aliphatic carbocycles. The van der Waals surface area contributed by atoms with E-state index < -0.39 is 17.5 Å². The van der Waals surface area contributed by atoms with E-state index in [1.54, 1.807) is 7.05 Å². The molecule has 0 radical (unpaired) electrons. The van der Waals surface area contributed by atoms with E-state index in [-0.39, 0.29) is 12.6 Å². The van der Waals surface area contributed by atoms with Crippen LogP contribution in [0.1, 0.15) is 18.5 Å². The van der Waals surface area contributed by atoms with Gasteiger partial charge in [-0.25, -0.2) is 13.2 Å². The molecule has 0 aromatic heterocycles. The molecule has 0 aliphatic rings. The summed E-state index contributed by atoms with van der Waals surface area (Å²) < 4.78 is 43.8. The quantitative estimate of drug-likeness (QED) is 0.788. The van der Waals surface area contributed by atoms with Crippen LogP contribution in [-0.2, 0) is 4.74 Å². The van der Waals surface area contributed by atoms with Gasteiger partial charge in [0, 0.05) is 6.61 Å². The summed E-state index contributed by atoms with van der Waals surface area (Å²) in [5.41, 5.74) is 0.326. The highest BCUT2D eigenvalue weighted by atomic mass is 19.2. The zero-order chi connectivity index (χ0) is 12.1. The third-order valence-corrected chi connectivity index (χ3v) is 2.25. The smallest absolute Gasteiger partial charge is 0.194 e. The van der Waals surface area contributed by atoms with Crippen LogP contribution in [0.2, 0.25) is 0 Å². The molecule has 0 aliphatic heterocycles. The summed E-state index contributed by atoms with van der Waals surface area (Å²) in [6, 6.07) is 1.58. The predicted molar refractivity (Wildman–Crippen MR) is 54.6 cm³/mol. The lowest BCUT2D eigenvalue weighted by Gasteiger charge is -2.16. The van der Waals surface area contributed by atoms with Gasteiger partial charge in [-0.05, 0) is 31.7 Å². The molecule has 0 amide bonds. The minimum atomic E-state index is -1.45. The van der Waals surface area contributed by atoms with Crippen LogP contribution in [0.25, 0.3) is 0 Å². The Kier molecular flexibility index (Phi) is 4.76. The van der Waals surface area contributed by atoms with Crippen molar-refractivity contribution in [2.45, 2.75) is 13.0 Å².